The molecule has 0 aliphatic carbocycles. The van der Waals surface area contributed by atoms with Crippen LogP contribution in [0.25, 0.3) is 0 Å². The third-order valence-electron chi connectivity index (χ3n) is 0.350. The second kappa shape index (κ2) is 3.59. The van der Waals surface area contributed by atoms with Gasteiger partial charge >= 0.3 is 0 Å². The van der Waals surface area contributed by atoms with Gasteiger partial charge in [-0.2, -0.15) is 0 Å². The molecule has 0 unspecified atom stereocenters. The third-order valence-corrected chi connectivity index (χ3v) is 0.350. The molecule has 0 heterocycles. The quantitative estimate of drug-likeness (QED) is 0.286. The molecule has 3 nitrogen and oxygen atoms in total. The Labute approximate surface area is 43.6 Å². The molecule has 0 atom stereocenters. The summed E-state index contributed by atoms with van der Waals surface area (Å²) in [7, 11) is 3.63. The van der Waals surface area contributed by atoms with Crippen molar-refractivity contribution in [3.8, 4) is 0 Å². The van der Waals surface area contributed by atoms with Crippen LogP contribution in [0.3, 0.4) is 0 Å². The minimum Gasteiger partial charge on any atom is -0.348 e. The van der Waals surface area contributed by atoms with Crippen molar-refractivity contribution in [1.82, 2.24) is 0 Å². The fourth-order valence-corrected chi connectivity index (χ4v) is 0.173. The Bertz CT molecular complexity index is 66.1. The Balaban J connectivity index is 3.08. The van der Waals surface area contributed by atoms with Crippen LogP contribution in [0.15, 0.2) is 5.28 Å². The molecule has 0 aromatic carbocycles. The highest BCUT2D eigenvalue weighted by Gasteiger charge is 1.78. The van der Waals surface area contributed by atoms with Gasteiger partial charge in [-0.1, -0.05) is 4.70 Å². The van der Waals surface area contributed by atoms with Crippen LogP contribution in [0, 0.1) is 0 Å². The van der Waals surface area contributed by atoms with Crippen molar-refractivity contribution in [2.45, 2.75) is 6.92 Å². The van der Waals surface area contributed by atoms with Gasteiger partial charge in [0.05, 0.1) is 0 Å². The summed E-state index contributed by atoms with van der Waals surface area (Å²) < 4.78 is 1.61. The van der Waals surface area contributed by atoms with Crippen LogP contribution >= 0.6 is 0 Å². The fourth-order valence-electron chi connectivity index (χ4n) is 0.173. The first-order valence-electron chi connectivity index (χ1n) is 2.27. The maximum Gasteiger partial charge on any atom is 0.186 e. The lowest BCUT2D eigenvalue weighted by Crippen LogP contribution is -1.93. The first-order chi connectivity index (χ1) is 3.27. The van der Waals surface area contributed by atoms with Crippen LogP contribution < -0.4 is 0 Å². The van der Waals surface area contributed by atoms with Crippen LogP contribution in [-0.2, 0) is 4.84 Å². The fraction of sp³-hybridized carbons (Fsp3) is 1.00. The molecule has 0 aliphatic heterocycles. The van der Waals surface area contributed by atoms with Gasteiger partial charge in [-0.05, 0) is 6.92 Å². The van der Waals surface area contributed by atoms with Crippen LogP contribution in [0.1, 0.15) is 6.92 Å². The molecule has 0 bridgehead atoms. The van der Waals surface area contributed by atoms with Crippen LogP contribution in [0.2, 0.25) is 0 Å². The van der Waals surface area contributed by atoms with Gasteiger partial charge < -0.3 is 4.84 Å². The number of nitrogens with zero attached hydrogens (tertiary/aromatic N) is 2. The van der Waals surface area contributed by atoms with Gasteiger partial charge in [0.25, 0.3) is 0 Å². The first-order valence-corrected chi connectivity index (χ1v) is 2.27. The van der Waals surface area contributed by atoms with E-state index < -0.39 is 0 Å². The molecule has 0 fully saturated rings. The zero-order valence-electron chi connectivity index (χ0n) is 5.01. The van der Waals surface area contributed by atoms with Gasteiger partial charge in [-0.15, -0.1) is 0 Å². The van der Waals surface area contributed by atoms with Crippen LogP contribution in [0.4, 0.5) is 0 Å². The van der Waals surface area contributed by atoms with Crippen molar-refractivity contribution in [3.63, 3.8) is 0 Å². The van der Waals surface area contributed by atoms with Crippen molar-refractivity contribution < 1.29 is 9.53 Å². The van der Waals surface area contributed by atoms with Crippen LogP contribution in [0.5, 0.6) is 0 Å². The predicted molar refractivity (Wildman–Crippen MR) is 26.2 cm³/mol. The maximum atomic E-state index is 4.65. The molecule has 0 amide bonds. The van der Waals surface area contributed by atoms with E-state index in [4.69, 9.17) is 0 Å². The summed E-state index contributed by atoms with van der Waals surface area (Å²) in [5.41, 5.74) is 0. The molecule has 42 valence electrons. The van der Waals surface area contributed by atoms with Gasteiger partial charge in [0, 0.05) is 0 Å². The zero-order chi connectivity index (χ0) is 5.70. The molecule has 0 N–H and O–H groups in total. The Hall–Kier alpha value is -0.600. The topological polar surface area (TPSA) is 24.6 Å². The molecule has 0 spiro atoms. The van der Waals surface area contributed by atoms with Gasteiger partial charge in [0.15, 0.2) is 19.4 Å². The number of hydrogen-bond acceptors (Lipinski definition) is 2. The first kappa shape index (κ1) is 6.40. The highest BCUT2D eigenvalue weighted by molar-refractivity contribution is 3.94. The van der Waals surface area contributed by atoms with E-state index in [2.05, 4.69) is 10.1 Å². The molecule has 3 heteroatoms. The van der Waals surface area contributed by atoms with E-state index in [-0.39, 0.29) is 0 Å². The van der Waals surface area contributed by atoms with Gasteiger partial charge in [0.2, 0.25) is 0 Å². The average molecular weight is 103 g/mol. The summed E-state index contributed by atoms with van der Waals surface area (Å²) in [6, 6.07) is 0. The Kier molecular flexibility index (Phi) is 3.28. The van der Waals surface area contributed by atoms with E-state index in [1.54, 1.807) is 4.70 Å². The van der Waals surface area contributed by atoms with E-state index in [1.165, 1.54) is 0 Å². The van der Waals surface area contributed by atoms with Crippen molar-refractivity contribution >= 4 is 0 Å². The summed E-state index contributed by atoms with van der Waals surface area (Å²) in [6.07, 6.45) is 0. The van der Waals surface area contributed by atoms with Gasteiger partial charge in [-0.3, -0.25) is 0 Å². The monoisotopic (exact) mass is 103 g/mol. The van der Waals surface area contributed by atoms with E-state index >= 15 is 0 Å². The van der Waals surface area contributed by atoms with E-state index in [0.29, 0.717) is 6.61 Å². The Morgan fingerprint density at radius 1 is 1.57 bits per heavy atom. The van der Waals surface area contributed by atoms with Crippen LogP contribution in [-0.4, -0.2) is 25.4 Å². The molecule has 0 saturated carbocycles. The molecular formula is C4H11N2O+. The SMILES string of the molecule is CCON=[N+](C)C. The smallest absolute Gasteiger partial charge is 0.186 e. The average Bonchev–Trinajstić information content (AvgIpc) is 1.61. The summed E-state index contributed by atoms with van der Waals surface area (Å²) >= 11 is 0. The molecule has 7 heavy (non-hydrogen) atoms. The molecule has 0 rings (SSSR count). The summed E-state index contributed by atoms with van der Waals surface area (Å²) in [6.45, 7) is 2.53. The molecule has 0 aromatic rings. The molecule has 0 aliphatic rings. The second-order valence-corrected chi connectivity index (χ2v) is 1.35. The molecule has 0 radical (unpaired) electrons. The molecule has 0 aromatic heterocycles. The summed E-state index contributed by atoms with van der Waals surface area (Å²) in [4.78, 5) is 4.65. The lowest BCUT2D eigenvalue weighted by molar-refractivity contribution is -0.565. The normalized spacial score (nSPS) is 7.86. The highest BCUT2D eigenvalue weighted by atomic mass is 16.6. The highest BCUT2D eigenvalue weighted by Crippen LogP contribution is 1.71. The van der Waals surface area contributed by atoms with Crippen molar-refractivity contribution in [1.29, 1.82) is 0 Å². The minimum atomic E-state index is 0.637. The zero-order valence-corrected chi connectivity index (χ0v) is 5.01. The molecule has 0 saturated heterocycles. The number of rotatable bonds is 2. The second-order valence-electron chi connectivity index (χ2n) is 1.35. The van der Waals surface area contributed by atoms with Gasteiger partial charge in [0.1, 0.15) is 6.61 Å². The van der Waals surface area contributed by atoms with Gasteiger partial charge in [-0.25, -0.2) is 0 Å². The summed E-state index contributed by atoms with van der Waals surface area (Å²) in [5, 5.41) is 3.58. The van der Waals surface area contributed by atoms with E-state index in [0.717, 1.165) is 0 Å². The van der Waals surface area contributed by atoms with Crippen molar-refractivity contribution in [2.75, 3.05) is 20.7 Å². The number of hydrogen-bond donors (Lipinski definition) is 0. The van der Waals surface area contributed by atoms with Crippen molar-refractivity contribution in [3.05, 3.63) is 0 Å². The minimum absolute atomic E-state index is 0.637. The lowest BCUT2D eigenvalue weighted by Gasteiger charge is -1.82. The van der Waals surface area contributed by atoms with E-state index in [1.807, 2.05) is 21.0 Å². The lowest BCUT2D eigenvalue weighted by atomic mass is 10.9. The predicted octanol–water partition coefficient (Wildman–Crippen LogP) is 0.662. The van der Waals surface area contributed by atoms with E-state index in [9.17, 15) is 0 Å². The Morgan fingerprint density at radius 3 is 2.29 bits per heavy atom. The summed E-state index contributed by atoms with van der Waals surface area (Å²) in [5.74, 6) is 0. The maximum absolute atomic E-state index is 4.65. The standard InChI is InChI=1S/C4H11N2O/c1-4-7-5-6(2)3/h4H2,1-3H3/q+1. The molecular weight excluding hydrogens is 92.1 g/mol. The Morgan fingerprint density at radius 2 is 2.14 bits per heavy atom. The third kappa shape index (κ3) is 5.40. The van der Waals surface area contributed by atoms with Crippen molar-refractivity contribution in [2.24, 2.45) is 5.28 Å². The largest absolute Gasteiger partial charge is 0.348 e.